The molecule has 0 bridgehead atoms. The Morgan fingerprint density at radius 2 is 2.21 bits per heavy atom. The minimum Gasteiger partial charge on any atom is -0.476 e. The van der Waals surface area contributed by atoms with Gasteiger partial charge >= 0.3 is 0 Å². The first kappa shape index (κ1) is 16.3. The molecule has 0 aromatic carbocycles. The average molecular weight is 285 g/mol. The maximum Gasteiger partial charge on any atom is 0.232 e. The number of ether oxygens (including phenoxy) is 1. The Labute approximate surface area is 121 Å². The van der Waals surface area contributed by atoms with E-state index in [1.54, 1.807) is 0 Å². The summed E-state index contributed by atoms with van der Waals surface area (Å²) >= 11 is 6.18. The standard InChI is InChI=1S/C15H25ClN2O/c1-4-6-7-12(5-2)11-19-15-14(16)8-13(9-17-3)10-18-15/h8,10,12,17H,4-7,9,11H2,1-3H3. The maximum absolute atomic E-state index is 6.18. The van der Waals surface area contributed by atoms with Gasteiger partial charge in [0.25, 0.3) is 0 Å². The molecular weight excluding hydrogens is 260 g/mol. The number of rotatable bonds is 9. The van der Waals surface area contributed by atoms with Gasteiger partial charge in [-0.2, -0.15) is 0 Å². The van der Waals surface area contributed by atoms with Gasteiger partial charge in [0.05, 0.1) is 6.61 Å². The molecule has 0 spiro atoms. The van der Waals surface area contributed by atoms with Gasteiger partial charge in [-0.25, -0.2) is 4.98 Å². The first-order chi connectivity index (χ1) is 9.21. The molecule has 0 saturated heterocycles. The fraction of sp³-hybridized carbons (Fsp3) is 0.667. The van der Waals surface area contributed by atoms with E-state index in [1.165, 1.54) is 19.3 Å². The van der Waals surface area contributed by atoms with Crippen LogP contribution in [-0.2, 0) is 6.54 Å². The monoisotopic (exact) mass is 284 g/mol. The lowest BCUT2D eigenvalue weighted by atomic mass is 10.0. The predicted octanol–water partition coefficient (Wildman–Crippen LogP) is 4.05. The van der Waals surface area contributed by atoms with Crippen LogP contribution in [0.15, 0.2) is 12.3 Å². The van der Waals surface area contributed by atoms with Crippen LogP contribution in [0.1, 0.15) is 45.1 Å². The molecule has 1 atom stereocenters. The van der Waals surface area contributed by atoms with Crippen LogP contribution in [0, 0.1) is 5.92 Å². The highest BCUT2D eigenvalue weighted by Gasteiger charge is 2.10. The van der Waals surface area contributed by atoms with E-state index in [1.807, 2.05) is 19.3 Å². The summed E-state index contributed by atoms with van der Waals surface area (Å²) in [5, 5.41) is 3.67. The van der Waals surface area contributed by atoms with Crippen LogP contribution in [0.3, 0.4) is 0 Å². The third-order valence-corrected chi connectivity index (χ3v) is 3.51. The van der Waals surface area contributed by atoms with E-state index in [0.29, 0.717) is 23.4 Å². The zero-order chi connectivity index (χ0) is 14.1. The number of hydrogen-bond acceptors (Lipinski definition) is 3. The van der Waals surface area contributed by atoms with Gasteiger partial charge < -0.3 is 10.1 Å². The lowest BCUT2D eigenvalue weighted by Crippen LogP contribution is -2.12. The molecule has 1 aromatic rings. The van der Waals surface area contributed by atoms with Crippen LogP contribution >= 0.6 is 11.6 Å². The van der Waals surface area contributed by atoms with Crippen LogP contribution in [-0.4, -0.2) is 18.6 Å². The van der Waals surface area contributed by atoms with Crippen LogP contribution in [0.25, 0.3) is 0 Å². The molecule has 1 unspecified atom stereocenters. The highest BCUT2D eigenvalue weighted by molar-refractivity contribution is 6.31. The Morgan fingerprint density at radius 1 is 1.42 bits per heavy atom. The highest BCUT2D eigenvalue weighted by Crippen LogP contribution is 2.24. The van der Waals surface area contributed by atoms with Gasteiger partial charge in [0.15, 0.2) is 0 Å². The number of hydrogen-bond donors (Lipinski definition) is 1. The minimum absolute atomic E-state index is 0.552. The number of halogens is 1. The largest absolute Gasteiger partial charge is 0.476 e. The maximum atomic E-state index is 6.18. The van der Waals surface area contributed by atoms with Gasteiger partial charge in [-0.05, 0) is 31.0 Å². The molecule has 1 aromatic heterocycles. The summed E-state index contributed by atoms with van der Waals surface area (Å²) in [6.45, 7) is 5.89. The third kappa shape index (κ3) is 5.79. The third-order valence-electron chi connectivity index (χ3n) is 3.24. The Hall–Kier alpha value is -0.800. The summed E-state index contributed by atoms with van der Waals surface area (Å²) in [5.41, 5.74) is 1.07. The van der Waals surface area contributed by atoms with E-state index in [4.69, 9.17) is 16.3 Å². The first-order valence-electron chi connectivity index (χ1n) is 7.13. The molecule has 0 aliphatic carbocycles. The first-order valence-corrected chi connectivity index (χ1v) is 7.50. The van der Waals surface area contributed by atoms with Gasteiger partial charge in [-0.15, -0.1) is 0 Å². The fourth-order valence-electron chi connectivity index (χ4n) is 1.97. The molecular formula is C15H25ClN2O. The Kier molecular flexibility index (Phi) is 7.84. The van der Waals surface area contributed by atoms with Crippen molar-refractivity contribution < 1.29 is 4.74 Å². The van der Waals surface area contributed by atoms with Crippen molar-refractivity contribution in [2.75, 3.05) is 13.7 Å². The summed E-state index contributed by atoms with van der Waals surface area (Å²) < 4.78 is 5.76. The lowest BCUT2D eigenvalue weighted by Gasteiger charge is -2.15. The van der Waals surface area contributed by atoms with Crippen LogP contribution in [0.4, 0.5) is 0 Å². The van der Waals surface area contributed by atoms with Crippen molar-refractivity contribution in [3.63, 3.8) is 0 Å². The van der Waals surface area contributed by atoms with Gasteiger partial charge in [0.2, 0.25) is 5.88 Å². The summed E-state index contributed by atoms with van der Waals surface area (Å²) in [5.74, 6) is 1.14. The molecule has 1 heterocycles. The fourth-order valence-corrected chi connectivity index (χ4v) is 2.21. The summed E-state index contributed by atoms with van der Waals surface area (Å²) in [6.07, 6.45) is 6.64. The second kappa shape index (κ2) is 9.16. The lowest BCUT2D eigenvalue weighted by molar-refractivity contribution is 0.226. The molecule has 1 rings (SSSR count). The number of nitrogens with one attached hydrogen (secondary N) is 1. The van der Waals surface area contributed by atoms with E-state index in [0.717, 1.165) is 18.5 Å². The second-order valence-corrected chi connectivity index (χ2v) is 5.30. The van der Waals surface area contributed by atoms with E-state index in [9.17, 15) is 0 Å². The van der Waals surface area contributed by atoms with Gasteiger partial charge in [-0.1, -0.05) is 44.7 Å². The number of nitrogens with zero attached hydrogens (tertiary/aromatic N) is 1. The molecule has 0 aliphatic rings. The van der Waals surface area contributed by atoms with E-state index in [2.05, 4.69) is 24.1 Å². The van der Waals surface area contributed by atoms with Gasteiger partial charge in [0, 0.05) is 12.7 Å². The molecule has 19 heavy (non-hydrogen) atoms. The highest BCUT2D eigenvalue weighted by atomic mass is 35.5. The van der Waals surface area contributed by atoms with E-state index >= 15 is 0 Å². The Balaban J connectivity index is 2.52. The van der Waals surface area contributed by atoms with Crippen molar-refractivity contribution in [3.05, 3.63) is 22.8 Å². The van der Waals surface area contributed by atoms with Gasteiger partial charge in [0.1, 0.15) is 5.02 Å². The molecule has 4 heteroatoms. The van der Waals surface area contributed by atoms with E-state index in [-0.39, 0.29) is 0 Å². The average Bonchev–Trinajstić information content (AvgIpc) is 2.41. The molecule has 0 radical (unpaired) electrons. The van der Waals surface area contributed by atoms with Crippen molar-refractivity contribution in [3.8, 4) is 5.88 Å². The zero-order valence-electron chi connectivity index (χ0n) is 12.2. The number of pyridine rings is 1. The molecule has 0 amide bonds. The molecule has 0 fully saturated rings. The minimum atomic E-state index is 0.552. The normalized spacial score (nSPS) is 12.4. The Bertz CT molecular complexity index is 371. The molecule has 0 saturated carbocycles. The quantitative estimate of drug-likeness (QED) is 0.743. The van der Waals surface area contributed by atoms with Crippen LogP contribution < -0.4 is 10.1 Å². The van der Waals surface area contributed by atoms with Gasteiger partial charge in [-0.3, -0.25) is 0 Å². The molecule has 3 nitrogen and oxygen atoms in total. The van der Waals surface area contributed by atoms with Crippen LogP contribution in [0.5, 0.6) is 5.88 Å². The van der Waals surface area contributed by atoms with Crippen LogP contribution in [0.2, 0.25) is 5.02 Å². The SMILES string of the molecule is CCCCC(CC)COc1ncc(CNC)cc1Cl. The summed E-state index contributed by atoms with van der Waals surface area (Å²) in [6, 6.07) is 1.91. The van der Waals surface area contributed by atoms with Crippen molar-refractivity contribution in [1.82, 2.24) is 10.3 Å². The van der Waals surface area contributed by atoms with Crippen molar-refractivity contribution in [2.24, 2.45) is 5.92 Å². The molecule has 0 aliphatic heterocycles. The topological polar surface area (TPSA) is 34.1 Å². The summed E-state index contributed by atoms with van der Waals surface area (Å²) in [4.78, 5) is 4.29. The Morgan fingerprint density at radius 3 is 2.79 bits per heavy atom. The van der Waals surface area contributed by atoms with Crippen molar-refractivity contribution in [2.45, 2.75) is 46.1 Å². The predicted molar refractivity (Wildman–Crippen MR) is 80.8 cm³/mol. The van der Waals surface area contributed by atoms with Crippen molar-refractivity contribution in [1.29, 1.82) is 0 Å². The smallest absolute Gasteiger partial charge is 0.232 e. The van der Waals surface area contributed by atoms with E-state index < -0.39 is 0 Å². The number of aromatic nitrogens is 1. The molecule has 108 valence electrons. The van der Waals surface area contributed by atoms with Crippen molar-refractivity contribution >= 4 is 11.6 Å². The summed E-state index contributed by atoms with van der Waals surface area (Å²) in [7, 11) is 1.90. The zero-order valence-corrected chi connectivity index (χ0v) is 13.0. The molecule has 1 N–H and O–H groups in total. The number of unbranched alkanes of at least 4 members (excludes halogenated alkanes) is 1. The second-order valence-electron chi connectivity index (χ2n) is 4.89.